The van der Waals surface area contributed by atoms with Crippen LogP contribution in [0.3, 0.4) is 0 Å². The Balaban J connectivity index is 2.02. The number of carbonyl (C=O) groups is 2. The second kappa shape index (κ2) is 7.56. The van der Waals surface area contributed by atoms with Gasteiger partial charge in [0.2, 0.25) is 0 Å². The minimum atomic E-state index is -3.08. The van der Waals surface area contributed by atoms with Crippen molar-refractivity contribution < 1.29 is 22.7 Å². The molecule has 25 heavy (non-hydrogen) atoms. The summed E-state index contributed by atoms with van der Waals surface area (Å²) in [4.78, 5) is 26.2. The highest BCUT2D eigenvalue weighted by atomic mass is 32.2. The van der Waals surface area contributed by atoms with E-state index in [1.54, 1.807) is 6.92 Å². The minimum Gasteiger partial charge on any atom is -0.452 e. The second-order valence-electron chi connectivity index (χ2n) is 6.59. The number of aryl methyl sites for hydroxylation is 3. The molecule has 7 heteroatoms. The summed E-state index contributed by atoms with van der Waals surface area (Å²) in [6, 6.07) is 3.46. The van der Waals surface area contributed by atoms with E-state index in [1.165, 1.54) is 4.90 Å². The number of likely N-dealkylation sites (N-methyl/N-ethyl adjacent to an activating group) is 1. The van der Waals surface area contributed by atoms with Gasteiger partial charge in [-0.25, -0.2) is 13.2 Å². The minimum absolute atomic E-state index is 0.0172. The van der Waals surface area contributed by atoms with Crippen LogP contribution in [0.1, 0.15) is 40.4 Å². The van der Waals surface area contributed by atoms with E-state index in [4.69, 9.17) is 4.74 Å². The molecule has 0 aliphatic carbocycles. The Bertz CT molecular complexity index is 762. The molecule has 0 unspecified atom stereocenters. The fourth-order valence-corrected chi connectivity index (χ4v) is 5.17. The number of benzene rings is 1. The van der Waals surface area contributed by atoms with E-state index in [0.29, 0.717) is 18.5 Å². The summed E-state index contributed by atoms with van der Waals surface area (Å²) >= 11 is 0. The van der Waals surface area contributed by atoms with Crippen LogP contribution in [0, 0.1) is 20.8 Å². The fraction of sp³-hybridized carbons (Fsp3) is 0.556. The van der Waals surface area contributed by atoms with Gasteiger partial charge in [-0.1, -0.05) is 17.7 Å². The van der Waals surface area contributed by atoms with E-state index in [-0.39, 0.29) is 30.1 Å². The third-order valence-electron chi connectivity index (χ3n) is 4.52. The first-order valence-electron chi connectivity index (χ1n) is 8.39. The maximum Gasteiger partial charge on any atom is 0.339 e. The molecule has 0 bridgehead atoms. The molecule has 2 rings (SSSR count). The number of ether oxygens (including phenoxy) is 1. The largest absolute Gasteiger partial charge is 0.452 e. The van der Waals surface area contributed by atoms with Gasteiger partial charge in [-0.15, -0.1) is 0 Å². The smallest absolute Gasteiger partial charge is 0.339 e. The summed E-state index contributed by atoms with van der Waals surface area (Å²) < 4.78 is 28.4. The summed E-state index contributed by atoms with van der Waals surface area (Å²) in [7, 11) is -3.08. The maximum atomic E-state index is 12.4. The first-order valence-corrected chi connectivity index (χ1v) is 10.2. The van der Waals surface area contributed by atoms with Crippen molar-refractivity contribution in [1.82, 2.24) is 4.90 Å². The lowest BCUT2D eigenvalue weighted by Gasteiger charge is -2.26. The molecular weight excluding hydrogens is 342 g/mol. The van der Waals surface area contributed by atoms with Gasteiger partial charge in [0, 0.05) is 12.6 Å². The van der Waals surface area contributed by atoms with Crippen LogP contribution in [0.2, 0.25) is 0 Å². The van der Waals surface area contributed by atoms with Gasteiger partial charge in [0.1, 0.15) is 0 Å². The van der Waals surface area contributed by atoms with Crippen LogP contribution in [-0.2, 0) is 19.4 Å². The number of hydrogen-bond acceptors (Lipinski definition) is 5. The standard InChI is InChI=1S/C18H25NO5S/c1-5-19(15-6-7-25(22,23)11-15)16(20)10-24-18(21)17-13(3)8-12(2)9-14(17)4/h8-9,15H,5-7,10-11H2,1-4H3/t15-/m1/s1. The van der Waals surface area contributed by atoms with Crippen molar-refractivity contribution in [3.8, 4) is 0 Å². The molecule has 1 fully saturated rings. The summed E-state index contributed by atoms with van der Waals surface area (Å²) in [6.07, 6.45) is 0.437. The Hall–Kier alpha value is -1.89. The highest BCUT2D eigenvalue weighted by Gasteiger charge is 2.34. The molecule has 0 saturated carbocycles. The lowest BCUT2D eigenvalue weighted by molar-refractivity contribution is -0.136. The van der Waals surface area contributed by atoms with E-state index in [2.05, 4.69) is 0 Å². The van der Waals surface area contributed by atoms with Crippen molar-refractivity contribution >= 4 is 21.7 Å². The van der Waals surface area contributed by atoms with E-state index in [0.717, 1.165) is 16.7 Å². The Kier molecular flexibility index (Phi) is 5.87. The molecule has 138 valence electrons. The zero-order valence-corrected chi connectivity index (χ0v) is 16.0. The summed E-state index contributed by atoms with van der Waals surface area (Å²) in [6.45, 7) is 7.42. The van der Waals surface area contributed by atoms with Crippen LogP contribution in [0.15, 0.2) is 12.1 Å². The zero-order valence-electron chi connectivity index (χ0n) is 15.2. The van der Waals surface area contributed by atoms with E-state index in [1.807, 2.05) is 32.9 Å². The van der Waals surface area contributed by atoms with Gasteiger partial charge < -0.3 is 9.64 Å². The first kappa shape index (κ1) is 19.4. The Morgan fingerprint density at radius 2 is 1.80 bits per heavy atom. The number of esters is 1. The molecule has 1 aromatic rings. The van der Waals surface area contributed by atoms with E-state index < -0.39 is 15.8 Å². The predicted molar refractivity (Wildman–Crippen MR) is 95.4 cm³/mol. The maximum absolute atomic E-state index is 12.4. The average Bonchev–Trinajstić information content (AvgIpc) is 2.84. The SMILES string of the molecule is CCN(C(=O)COC(=O)c1c(C)cc(C)cc1C)[C@@H]1CCS(=O)(=O)C1. The molecule has 1 amide bonds. The van der Waals surface area contributed by atoms with Crippen LogP contribution >= 0.6 is 0 Å². The van der Waals surface area contributed by atoms with E-state index in [9.17, 15) is 18.0 Å². The summed E-state index contributed by atoms with van der Waals surface area (Å²) in [5, 5.41) is 0. The first-order chi connectivity index (χ1) is 11.6. The molecule has 1 aromatic carbocycles. The van der Waals surface area contributed by atoms with Gasteiger partial charge in [-0.05, 0) is 45.2 Å². The van der Waals surface area contributed by atoms with Crippen molar-refractivity contribution in [3.05, 3.63) is 34.4 Å². The van der Waals surface area contributed by atoms with Crippen molar-refractivity contribution in [1.29, 1.82) is 0 Å². The van der Waals surface area contributed by atoms with Crippen molar-refractivity contribution in [2.24, 2.45) is 0 Å². The summed E-state index contributed by atoms with van der Waals surface area (Å²) in [5.74, 6) is -0.807. The van der Waals surface area contributed by atoms with Gasteiger partial charge >= 0.3 is 5.97 Å². The molecule has 1 aliphatic heterocycles. The lowest BCUT2D eigenvalue weighted by Crippen LogP contribution is -2.43. The van der Waals surface area contributed by atoms with Gasteiger partial charge in [0.25, 0.3) is 5.91 Å². The average molecular weight is 367 g/mol. The van der Waals surface area contributed by atoms with Gasteiger partial charge in [-0.2, -0.15) is 0 Å². The molecule has 1 atom stereocenters. The van der Waals surface area contributed by atoms with Crippen LogP contribution < -0.4 is 0 Å². The Morgan fingerprint density at radius 1 is 1.20 bits per heavy atom. The second-order valence-corrected chi connectivity index (χ2v) is 8.82. The lowest BCUT2D eigenvalue weighted by atomic mass is 10.00. The molecule has 0 spiro atoms. The van der Waals surface area contributed by atoms with Gasteiger partial charge in [0.05, 0.1) is 17.1 Å². The Morgan fingerprint density at radius 3 is 2.28 bits per heavy atom. The molecule has 6 nitrogen and oxygen atoms in total. The van der Waals surface area contributed by atoms with Crippen LogP contribution in [0.4, 0.5) is 0 Å². The van der Waals surface area contributed by atoms with Crippen molar-refractivity contribution in [2.45, 2.75) is 40.2 Å². The number of hydrogen-bond donors (Lipinski definition) is 0. The molecule has 0 N–H and O–H groups in total. The highest BCUT2D eigenvalue weighted by Crippen LogP contribution is 2.19. The van der Waals surface area contributed by atoms with Crippen LogP contribution in [0.5, 0.6) is 0 Å². The third-order valence-corrected chi connectivity index (χ3v) is 6.27. The molecule has 1 saturated heterocycles. The number of nitrogens with zero attached hydrogens (tertiary/aromatic N) is 1. The monoisotopic (exact) mass is 367 g/mol. The Labute approximate surface area is 149 Å². The number of carbonyl (C=O) groups excluding carboxylic acids is 2. The molecule has 1 aliphatic rings. The molecule has 0 radical (unpaired) electrons. The number of rotatable bonds is 5. The summed E-state index contributed by atoms with van der Waals surface area (Å²) in [5.41, 5.74) is 3.15. The van der Waals surface area contributed by atoms with Crippen molar-refractivity contribution in [2.75, 3.05) is 24.7 Å². The number of amides is 1. The predicted octanol–water partition coefficient (Wildman–Crippen LogP) is 1.80. The topological polar surface area (TPSA) is 80.8 Å². The molecule has 1 heterocycles. The highest BCUT2D eigenvalue weighted by molar-refractivity contribution is 7.91. The fourth-order valence-electron chi connectivity index (χ4n) is 3.44. The normalized spacial score (nSPS) is 18.8. The quantitative estimate of drug-likeness (QED) is 0.742. The third kappa shape index (κ3) is 4.60. The van der Waals surface area contributed by atoms with Crippen molar-refractivity contribution in [3.63, 3.8) is 0 Å². The van der Waals surface area contributed by atoms with Gasteiger partial charge in [0.15, 0.2) is 16.4 Å². The van der Waals surface area contributed by atoms with Gasteiger partial charge in [-0.3, -0.25) is 4.79 Å². The molecule has 0 aromatic heterocycles. The molecular formula is C18H25NO5S. The van der Waals surface area contributed by atoms with Crippen LogP contribution in [0.25, 0.3) is 0 Å². The van der Waals surface area contributed by atoms with Crippen LogP contribution in [-0.4, -0.2) is 55.9 Å². The zero-order chi connectivity index (χ0) is 18.8. The van der Waals surface area contributed by atoms with E-state index >= 15 is 0 Å². The number of sulfone groups is 1.